The van der Waals surface area contributed by atoms with Crippen molar-refractivity contribution in [1.29, 1.82) is 5.26 Å². The van der Waals surface area contributed by atoms with E-state index >= 15 is 0 Å². The lowest BCUT2D eigenvalue weighted by molar-refractivity contribution is 0.0821. The summed E-state index contributed by atoms with van der Waals surface area (Å²) in [7, 11) is 0. The van der Waals surface area contributed by atoms with Crippen molar-refractivity contribution in [2.45, 2.75) is 12.8 Å². The summed E-state index contributed by atoms with van der Waals surface area (Å²) in [5.74, 6) is 0.740. The Balaban J connectivity index is 1.69. The third kappa shape index (κ3) is 2.80. The molecule has 3 rings (SSSR count). The van der Waals surface area contributed by atoms with Gasteiger partial charge in [0, 0.05) is 0 Å². The van der Waals surface area contributed by atoms with Crippen LogP contribution in [0, 0.1) is 17.2 Å². The van der Waals surface area contributed by atoms with E-state index in [1.54, 1.807) is 6.07 Å². The number of aryl methyl sites for hydroxylation is 1. The fourth-order valence-electron chi connectivity index (χ4n) is 2.63. The fraction of sp³-hybridized carbons (Fsp3) is 0.222. The van der Waals surface area contributed by atoms with Gasteiger partial charge in [0.05, 0.1) is 29.7 Å². The largest absolute Gasteiger partial charge is 0.492 e. The zero-order valence-electron chi connectivity index (χ0n) is 11.6. The monoisotopic (exact) mass is 277 g/mol. The van der Waals surface area contributed by atoms with Gasteiger partial charge >= 0.3 is 0 Å². The summed E-state index contributed by atoms with van der Waals surface area (Å²) in [5.41, 5.74) is 2.42. The van der Waals surface area contributed by atoms with Crippen molar-refractivity contribution in [1.82, 2.24) is 0 Å². The average molecular weight is 277 g/mol. The van der Waals surface area contributed by atoms with Gasteiger partial charge in [-0.25, -0.2) is 0 Å². The predicted octanol–water partition coefficient (Wildman–Crippen LogP) is 3.38. The van der Waals surface area contributed by atoms with Gasteiger partial charge in [0.15, 0.2) is 5.78 Å². The quantitative estimate of drug-likeness (QED) is 0.864. The fourth-order valence-corrected chi connectivity index (χ4v) is 2.63. The Kier molecular flexibility index (Phi) is 3.70. The van der Waals surface area contributed by atoms with Crippen LogP contribution in [0.4, 0.5) is 0 Å². The highest BCUT2D eigenvalue weighted by Crippen LogP contribution is 2.29. The van der Waals surface area contributed by atoms with Crippen LogP contribution < -0.4 is 4.74 Å². The van der Waals surface area contributed by atoms with Gasteiger partial charge in [0.1, 0.15) is 5.75 Å². The highest BCUT2D eigenvalue weighted by molar-refractivity contribution is 6.01. The zero-order chi connectivity index (χ0) is 14.7. The number of Topliss-reactive ketones (excluding diaryl/α,β-unsaturated/α-hetero) is 1. The minimum Gasteiger partial charge on any atom is -0.492 e. The Morgan fingerprint density at radius 1 is 1.19 bits per heavy atom. The highest BCUT2D eigenvalue weighted by Gasteiger charge is 2.27. The van der Waals surface area contributed by atoms with Gasteiger partial charge in [-0.1, -0.05) is 24.3 Å². The van der Waals surface area contributed by atoms with E-state index in [9.17, 15) is 4.79 Å². The van der Waals surface area contributed by atoms with Crippen molar-refractivity contribution < 1.29 is 9.53 Å². The van der Waals surface area contributed by atoms with Crippen molar-refractivity contribution in [3.8, 4) is 11.8 Å². The molecule has 21 heavy (non-hydrogen) atoms. The molecule has 3 heteroatoms. The molecule has 0 aromatic heterocycles. The predicted molar refractivity (Wildman–Crippen MR) is 79.2 cm³/mol. The summed E-state index contributed by atoms with van der Waals surface area (Å²) >= 11 is 0. The lowest BCUT2D eigenvalue weighted by Gasteiger charge is -2.24. The molecule has 1 aliphatic rings. The number of carbonyl (C=O) groups is 1. The number of ether oxygens (including phenoxy) is 1. The van der Waals surface area contributed by atoms with Crippen molar-refractivity contribution in [2.75, 3.05) is 6.61 Å². The number of benzene rings is 2. The van der Waals surface area contributed by atoms with E-state index < -0.39 is 0 Å². The number of nitriles is 1. The third-order valence-corrected chi connectivity index (χ3v) is 3.80. The van der Waals surface area contributed by atoms with Gasteiger partial charge in [0.25, 0.3) is 0 Å². The number of ketones is 1. The van der Waals surface area contributed by atoms with Crippen molar-refractivity contribution in [2.24, 2.45) is 5.92 Å². The number of hydrogen-bond acceptors (Lipinski definition) is 3. The summed E-state index contributed by atoms with van der Waals surface area (Å²) in [5, 5.41) is 8.91. The number of hydrogen-bond donors (Lipinski definition) is 0. The molecule has 3 nitrogen and oxygen atoms in total. The maximum absolute atomic E-state index is 12.4. The van der Waals surface area contributed by atoms with Crippen LogP contribution in [0.15, 0.2) is 48.5 Å². The maximum Gasteiger partial charge on any atom is 0.173 e. The summed E-state index contributed by atoms with van der Waals surface area (Å²) in [6.07, 6.45) is 1.51. The zero-order valence-corrected chi connectivity index (χ0v) is 11.6. The van der Waals surface area contributed by atoms with Gasteiger partial charge in [-0.3, -0.25) is 4.79 Å². The number of rotatable bonds is 3. The second-order valence-corrected chi connectivity index (χ2v) is 5.22. The Morgan fingerprint density at radius 2 is 2.05 bits per heavy atom. The molecule has 2 aromatic carbocycles. The molecule has 0 radical (unpaired) electrons. The van der Waals surface area contributed by atoms with Crippen LogP contribution in [0.5, 0.6) is 5.75 Å². The SMILES string of the molecule is N#Cc1cccc(CCC2COc3ccccc3C2=O)c1. The van der Waals surface area contributed by atoms with Crippen LogP contribution in [-0.4, -0.2) is 12.4 Å². The molecule has 0 aliphatic carbocycles. The van der Waals surface area contributed by atoms with E-state index in [1.807, 2.05) is 42.5 Å². The molecular weight excluding hydrogens is 262 g/mol. The lowest BCUT2D eigenvalue weighted by atomic mass is 9.90. The van der Waals surface area contributed by atoms with Crippen LogP contribution in [0.25, 0.3) is 0 Å². The summed E-state index contributed by atoms with van der Waals surface area (Å²) in [6, 6.07) is 17.1. The normalized spacial score (nSPS) is 16.7. The molecule has 0 saturated carbocycles. The van der Waals surface area contributed by atoms with Crippen LogP contribution in [0.2, 0.25) is 0 Å². The molecule has 0 saturated heterocycles. The standard InChI is InChI=1S/C18H15NO2/c19-11-14-5-3-4-13(10-14)8-9-15-12-21-17-7-2-1-6-16(17)18(15)20/h1-7,10,15H,8-9,12H2. The van der Waals surface area contributed by atoms with E-state index in [0.717, 1.165) is 18.4 Å². The van der Waals surface area contributed by atoms with Gasteiger partial charge in [0.2, 0.25) is 0 Å². The second-order valence-electron chi connectivity index (χ2n) is 5.22. The van der Waals surface area contributed by atoms with Crippen LogP contribution in [-0.2, 0) is 6.42 Å². The maximum atomic E-state index is 12.4. The van der Waals surface area contributed by atoms with Gasteiger partial charge in [-0.2, -0.15) is 5.26 Å². The molecule has 1 atom stereocenters. The first-order valence-electron chi connectivity index (χ1n) is 7.03. The number of carbonyl (C=O) groups excluding carboxylic acids is 1. The minimum atomic E-state index is -0.106. The molecule has 2 aromatic rings. The molecule has 1 aliphatic heterocycles. The number of nitrogens with zero attached hydrogens (tertiary/aromatic N) is 1. The number of fused-ring (bicyclic) bond motifs is 1. The Morgan fingerprint density at radius 3 is 2.90 bits per heavy atom. The van der Waals surface area contributed by atoms with E-state index in [0.29, 0.717) is 23.5 Å². The summed E-state index contributed by atoms with van der Waals surface area (Å²) < 4.78 is 5.67. The Hall–Kier alpha value is -2.60. The van der Waals surface area contributed by atoms with Crippen molar-refractivity contribution in [3.63, 3.8) is 0 Å². The molecule has 104 valence electrons. The van der Waals surface area contributed by atoms with Crippen LogP contribution in [0.3, 0.4) is 0 Å². The van der Waals surface area contributed by atoms with Crippen LogP contribution in [0.1, 0.15) is 27.9 Å². The summed E-state index contributed by atoms with van der Waals surface area (Å²) in [4.78, 5) is 12.4. The first-order chi connectivity index (χ1) is 10.3. The topological polar surface area (TPSA) is 50.1 Å². The summed E-state index contributed by atoms with van der Waals surface area (Å²) in [6.45, 7) is 0.438. The first kappa shape index (κ1) is 13.4. The average Bonchev–Trinajstić information content (AvgIpc) is 2.55. The number of para-hydroxylation sites is 1. The molecule has 0 amide bonds. The van der Waals surface area contributed by atoms with Crippen LogP contribution >= 0.6 is 0 Å². The van der Waals surface area contributed by atoms with Gasteiger partial charge in [-0.05, 0) is 42.7 Å². The Bertz CT molecular complexity index is 715. The van der Waals surface area contributed by atoms with E-state index in [1.165, 1.54) is 0 Å². The smallest absolute Gasteiger partial charge is 0.173 e. The Labute approximate surface area is 123 Å². The molecular formula is C18H15NO2. The van der Waals surface area contributed by atoms with E-state index in [2.05, 4.69) is 6.07 Å². The molecule has 1 unspecified atom stereocenters. The molecule has 0 N–H and O–H groups in total. The van der Waals surface area contributed by atoms with Gasteiger partial charge in [-0.15, -0.1) is 0 Å². The molecule has 1 heterocycles. The van der Waals surface area contributed by atoms with Gasteiger partial charge < -0.3 is 4.74 Å². The molecule has 0 bridgehead atoms. The van der Waals surface area contributed by atoms with E-state index in [4.69, 9.17) is 10.00 Å². The minimum absolute atomic E-state index is 0.106. The third-order valence-electron chi connectivity index (χ3n) is 3.80. The first-order valence-corrected chi connectivity index (χ1v) is 7.03. The molecule has 0 fully saturated rings. The molecule has 0 spiro atoms. The van der Waals surface area contributed by atoms with E-state index in [-0.39, 0.29) is 11.7 Å². The lowest BCUT2D eigenvalue weighted by Crippen LogP contribution is -2.28. The van der Waals surface area contributed by atoms with Crippen molar-refractivity contribution in [3.05, 3.63) is 65.2 Å². The second kappa shape index (κ2) is 5.80. The highest BCUT2D eigenvalue weighted by atomic mass is 16.5. The van der Waals surface area contributed by atoms with Crippen molar-refractivity contribution >= 4 is 5.78 Å².